The number of carbonyl (C=O) groups is 1. The first-order valence-electron chi connectivity index (χ1n) is 10.7. The smallest absolute Gasteiger partial charge is 0.257 e. The number of hydrogen-bond donors (Lipinski definition) is 3. The van der Waals surface area contributed by atoms with Crippen LogP contribution in [0, 0.1) is 0 Å². The maximum absolute atomic E-state index is 12.6. The third-order valence-electron chi connectivity index (χ3n) is 5.00. The van der Waals surface area contributed by atoms with Crippen LogP contribution in [0.1, 0.15) is 23.7 Å². The van der Waals surface area contributed by atoms with Crippen molar-refractivity contribution in [2.24, 2.45) is 16.5 Å². The van der Waals surface area contributed by atoms with Crippen LogP contribution in [0.5, 0.6) is 0 Å². The number of hydrogen-bond acceptors (Lipinski definition) is 7. The van der Waals surface area contributed by atoms with Gasteiger partial charge in [-0.15, -0.1) is 0 Å². The first-order chi connectivity index (χ1) is 16.8. The van der Waals surface area contributed by atoms with Crippen LogP contribution < -0.4 is 21.7 Å². The number of nitrogens with zero attached hydrogens (tertiary/aromatic N) is 4. The number of carbonyl (C=O) groups excluding carboxylic acids is 1. The SMILES string of the molecule is C/C(N)=C/C(N)=Nc1cc(N2CCC2)nc(Sc2ccc(NC(=O)c3cccc(Cl)c3Cl)cc2)n1. The number of anilines is 2. The average molecular weight is 528 g/mol. The van der Waals surface area contributed by atoms with Crippen LogP contribution in [0.4, 0.5) is 17.3 Å². The Balaban J connectivity index is 1.51. The fraction of sp³-hybridized carbons (Fsp3) is 0.167. The minimum atomic E-state index is -0.342. The first-order valence-corrected chi connectivity index (χ1v) is 12.3. The summed E-state index contributed by atoms with van der Waals surface area (Å²) in [7, 11) is 0. The van der Waals surface area contributed by atoms with Gasteiger partial charge in [-0.3, -0.25) is 4.79 Å². The van der Waals surface area contributed by atoms with Gasteiger partial charge in [0.25, 0.3) is 5.91 Å². The third kappa shape index (κ3) is 6.45. The number of nitrogens with two attached hydrogens (primary N) is 2. The van der Waals surface area contributed by atoms with Crippen molar-refractivity contribution in [1.29, 1.82) is 0 Å². The Morgan fingerprint density at radius 3 is 2.54 bits per heavy atom. The summed E-state index contributed by atoms with van der Waals surface area (Å²) in [5.41, 5.74) is 13.1. The lowest BCUT2D eigenvalue weighted by molar-refractivity contribution is 0.102. The fourth-order valence-electron chi connectivity index (χ4n) is 3.20. The summed E-state index contributed by atoms with van der Waals surface area (Å²) in [6, 6.07) is 14.1. The largest absolute Gasteiger partial charge is 0.402 e. The molecule has 180 valence electrons. The fourth-order valence-corrected chi connectivity index (χ4v) is 4.35. The average Bonchev–Trinajstić information content (AvgIpc) is 2.75. The monoisotopic (exact) mass is 527 g/mol. The highest BCUT2D eigenvalue weighted by Gasteiger charge is 2.18. The van der Waals surface area contributed by atoms with Gasteiger partial charge in [0.1, 0.15) is 11.7 Å². The van der Waals surface area contributed by atoms with Crippen LogP contribution in [0.3, 0.4) is 0 Å². The summed E-state index contributed by atoms with van der Waals surface area (Å²) in [6.07, 6.45) is 2.71. The predicted molar refractivity (Wildman–Crippen MR) is 143 cm³/mol. The van der Waals surface area contributed by atoms with E-state index in [-0.39, 0.29) is 16.8 Å². The minimum absolute atomic E-state index is 0.217. The van der Waals surface area contributed by atoms with Gasteiger partial charge < -0.3 is 21.7 Å². The number of amides is 1. The Morgan fingerprint density at radius 1 is 1.14 bits per heavy atom. The first kappa shape index (κ1) is 24.8. The van der Waals surface area contributed by atoms with Crippen LogP contribution in [0.15, 0.2) is 75.3 Å². The van der Waals surface area contributed by atoms with Crippen molar-refractivity contribution in [2.75, 3.05) is 23.3 Å². The molecule has 1 fully saturated rings. The molecule has 0 bridgehead atoms. The second-order valence-corrected chi connectivity index (χ2v) is 9.64. The van der Waals surface area contributed by atoms with Crippen LogP contribution in [-0.2, 0) is 0 Å². The molecule has 35 heavy (non-hydrogen) atoms. The molecule has 4 rings (SSSR count). The van der Waals surface area contributed by atoms with Crippen LogP contribution >= 0.6 is 35.0 Å². The van der Waals surface area contributed by atoms with E-state index in [2.05, 4.69) is 25.2 Å². The zero-order chi connectivity index (χ0) is 24.9. The molecule has 1 aromatic heterocycles. The zero-order valence-electron chi connectivity index (χ0n) is 18.8. The molecule has 0 atom stereocenters. The quantitative estimate of drug-likeness (QED) is 0.218. The number of nitrogens with one attached hydrogen (secondary N) is 1. The highest BCUT2D eigenvalue weighted by molar-refractivity contribution is 7.99. The van der Waals surface area contributed by atoms with Crippen LogP contribution in [-0.4, -0.2) is 34.8 Å². The Labute approximate surface area is 217 Å². The van der Waals surface area contributed by atoms with Crippen molar-refractivity contribution in [3.63, 3.8) is 0 Å². The van der Waals surface area contributed by atoms with Gasteiger partial charge in [-0.25, -0.2) is 15.0 Å². The molecule has 0 saturated carbocycles. The standard InChI is InChI=1S/C24H23Cl2N7OS/c1-14(27)12-19(28)30-20-13-21(33-10-3-11-33)32-24(31-20)35-16-8-6-15(7-9-16)29-23(34)17-4-2-5-18(25)22(17)26/h2,4-9,12-13H,3,10-11,27H2,1H3,(H,29,34)(H2,28,30,31,32)/b14-12-. The second-order valence-electron chi connectivity index (χ2n) is 7.81. The van der Waals surface area contributed by atoms with Gasteiger partial charge in [0.15, 0.2) is 11.0 Å². The van der Waals surface area contributed by atoms with Gasteiger partial charge in [0, 0.05) is 35.4 Å². The summed E-state index contributed by atoms with van der Waals surface area (Å²) in [4.78, 5) is 29.2. The molecule has 0 radical (unpaired) electrons. The number of rotatable bonds is 7. The van der Waals surface area contributed by atoms with Gasteiger partial charge in [-0.2, -0.15) is 0 Å². The molecule has 5 N–H and O–H groups in total. The number of aliphatic imine (C=N–C) groups is 1. The molecule has 1 aliphatic heterocycles. The van der Waals surface area contributed by atoms with Gasteiger partial charge in [-0.1, -0.05) is 29.3 Å². The number of amidine groups is 1. The molecular weight excluding hydrogens is 505 g/mol. The molecule has 2 aromatic carbocycles. The lowest BCUT2D eigenvalue weighted by Crippen LogP contribution is -2.37. The van der Waals surface area contributed by atoms with Crippen molar-refractivity contribution in [3.8, 4) is 0 Å². The Kier molecular flexibility index (Phi) is 7.80. The summed E-state index contributed by atoms with van der Waals surface area (Å²) >= 11 is 13.5. The summed E-state index contributed by atoms with van der Waals surface area (Å²) in [6.45, 7) is 3.62. The lowest BCUT2D eigenvalue weighted by Gasteiger charge is -2.32. The Hall–Kier alpha value is -3.27. The predicted octanol–water partition coefficient (Wildman–Crippen LogP) is 5.25. The zero-order valence-corrected chi connectivity index (χ0v) is 21.2. The van der Waals surface area contributed by atoms with E-state index in [1.165, 1.54) is 11.8 Å². The van der Waals surface area contributed by atoms with Crippen molar-refractivity contribution in [3.05, 3.63) is 75.9 Å². The summed E-state index contributed by atoms with van der Waals surface area (Å²) < 4.78 is 0. The normalized spacial score (nSPS) is 14.0. The van der Waals surface area contributed by atoms with Gasteiger partial charge in [0.05, 0.1) is 15.6 Å². The van der Waals surface area contributed by atoms with E-state index < -0.39 is 0 Å². The van der Waals surface area contributed by atoms with E-state index in [0.29, 0.717) is 32.9 Å². The molecule has 0 spiro atoms. The van der Waals surface area contributed by atoms with Crippen molar-refractivity contribution < 1.29 is 4.79 Å². The topological polar surface area (TPSA) is 123 Å². The molecule has 0 unspecified atom stereocenters. The highest BCUT2D eigenvalue weighted by Crippen LogP contribution is 2.31. The minimum Gasteiger partial charge on any atom is -0.402 e. The Morgan fingerprint density at radius 2 is 1.89 bits per heavy atom. The van der Waals surface area contributed by atoms with E-state index in [1.807, 2.05) is 18.2 Å². The van der Waals surface area contributed by atoms with Crippen molar-refractivity contribution >= 4 is 64.0 Å². The molecule has 0 aliphatic carbocycles. The molecule has 11 heteroatoms. The number of halogens is 2. The molecule has 1 saturated heterocycles. The maximum atomic E-state index is 12.6. The molecular formula is C24H23Cl2N7OS. The lowest BCUT2D eigenvalue weighted by atomic mass is 10.2. The molecule has 1 amide bonds. The van der Waals surface area contributed by atoms with Gasteiger partial charge >= 0.3 is 0 Å². The van der Waals surface area contributed by atoms with Crippen molar-refractivity contribution in [2.45, 2.75) is 23.4 Å². The van der Waals surface area contributed by atoms with Gasteiger partial charge in [-0.05, 0) is 67.6 Å². The molecule has 1 aliphatic rings. The third-order valence-corrected chi connectivity index (χ3v) is 6.69. The molecule has 2 heterocycles. The molecule has 8 nitrogen and oxygen atoms in total. The summed E-state index contributed by atoms with van der Waals surface area (Å²) in [5.74, 6) is 1.19. The van der Waals surface area contributed by atoms with Crippen LogP contribution in [0.2, 0.25) is 10.0 Å². The van der Waals surface area contributed by atoms with E-state index in [9.17, 15) is 4.79 Å². The van der Waals surface area contributed by atoms with Crippen molar-refractivity contribution in [1.82, 2.24) is 9.97 Å². The Bertz CT molecular complexity index is 1300. The van der Waals surface area contributed by atoms with Gasteiger partial charge in [0.2, 0.25) is 0 Å². The molecule has 3 aromatic rings. The summed E-state index contributed by atoms with van der Waals surface area (Å²) in [5, 5.41) is 3.91. The highest BCUT2D eigenvalue weighted by atomic mass is 35.5. The number of aromatic nitrogens is 2. The number of benzene rings is 2. The van der Waals surface area contributed by atoms with Crippen LogP contribution in [0.25, 0.3) is 0 Å². The van der Waals surface area contributed by atoms with E-state index in [0.717, 1.165) is 30.2 Å². The van der Waals surface area contributed by atoms with E-state index in [1.54, 1.807) is 43.3 Å². The maximum Gasteiger partial charge on any atom is 0.257 e. The number of allylic oxidation sites excluding steroid dienone is 1. The van der Waals surface area contributed by atoms with E-state index in [4.69, 9.17) is 34.7 Å². The second kappa shape index (κ2) is 11.0. The van der Waals surface area contributed by atoms with E-state index >= 15 is 0 Å².